The van der Waals surface area contributed by atoms with Crippen LogP contribution in [0.25, 0.3) is 0 Å². The first kappa shape index (κ1) is 23.6. The van der Waals surface area contributed by atoms with Gasteiger partial charge in [-0.15, -0.1) is 6.58 Å². The van der Waals surface area contributed by atoms with Gasteiger partial charge in [0.25, 0.3) is 5.97 Å². The van der Waals surface area contributed by atoms with Crippen molar-refractivity contribution >= 4 is 0 Å². The van der Waals surface area contributed by atoms with Gasteiger partial charge in [-0.1, -0.05) is 51.5 Å². The molecule has 0 heterocycles. The van der Waals surface area contributed by atoms with E-state index in [4.69, 9.17) is 14.2 Å². The lowest BCUT2D eigenvalue weighted by atomic mass is 9.97. The molecule has 0 aromatic carbocycles. The summed E-state index contributed by atoms with van der Waals surface area (Å²) >= 11 is 0. The molecule has 0 amide bonds. The average molecular weight is 343 g/mol. The van der Waals surface area contributed by atoms with Crippen LogP contribution in [-0.2, 0) is 14.2 Å². The Morgan fingerprint density at radius 3 is 1.54 bits per heavy atom. The highest BCUT2D eigenvalue weighted by Gasteiger charge is 2.43. The molecule has 0 saturated heterocycles. The molecule has 0 aromatic rings. The Morgan fingerprint density at radius 2 is 1.17 bits per heavy atom. The van der Waals surface area contributed by atoms with E-state index in [1.54, 1.807) is 0 Å². The van der Waals surface area contributed by atoms with Crippen molar-refractivity contribution in [3.05, 3.63) is 12.7 Å². The summed E-state index contributed by atoms with van der Waals surface area (Å²) < 4.78 is 18.6. The Balaban J connectivity index is 4.97. The van der Waals surface area contributed by atoms with E-state index in [0.717, 1.165) is 12.8 Å². The molecule has 0 bridgehead atoms. The van der Waals surface area contributed by atoms with Gasteiger partial charge in [0.15, 0.2) is 0 Å². The second kappa shape index (κ2) is 12.9. The highest BCUT2D eigenvalue weighted by Crippen LogP contribution is 2.34. The molecule has 0 aromatic heterocycles. The van der Waals surface area contributed by atoms with Gasteiger partial charge in [0.1, 0.15) is 0 Å². The topological polar surface area (TPSA) is 27.7 Å². The van der Waals surface area contributed by atoms with E-state index in [-0.39, 0.29) is 24.2 Å². The first-order valence-electron chi connectivity index (χ1n) is 9.93. The van der Waals surface area contributed by atoms with Crippen molar-refractivity contribution in [1.29, 1.82) is 0 Å². The van der Waals surface area contributed by atoms with Gasteiger partial charge in [-0.3, -0.25) is 0 Å². The van der Waals surface area contributed by atoms with Gasteiger partial charge in [-0.25, -0.2) is 0 Å². The van der Waals surface area contributed by atoms with Gasteiger partial charge < -0.3 is 14.2 Å². The molecule has 0 N–H and O–H groups in total. The van der Waals surface area contributed by atoms with Gasteiger partial charge in [-0.05, 0) is 48.0 Å². The quantitative estimate of drug-likeness (QED) is 0.194. The molecule has 0 aliphatic rings. The fourth-order valence-corrected chi connectivity index (χ4v) is 2.91. The molecule has 3 heteroatoms. The van der Waals surface area contributed by atoms with E-state index in [2.05, 4.69) is 13.5 Å². The first-order chi connectivity index (χ1) is 11.3. The van der Waals surface area contributed by atoms with Crippen LogP contribution in [0, 0.1) is 5.92 Å². The average Bonchev–Trinajstić information content (AvgIpc) is 2.44. The molecule has 144 valence electrons. The molecule has 0 saturated carbocycles. The fraction of sp³-hybridized carbons (Fsp3) is 0.905. The molecule has 3 nitrogen and oxygen atoms in total. The smallest absolute Gasteiger partial charge is 0.290 e. The molecule has 0 aliphatic heterocycles. The zero-order chi connectivity index (χ0) is 18.6. The summed E-state index contributed by atoms with van der Waals surface area (Å²) in [6.45, 7) is 18.4. The van der Waals surface area contributed by atoms with Gasteiger partial charge in [0, 0.05) is 0 Å². The Morgan fingerprint density at radius 1 is 0.750 bits per heavy atom. The second-order valence-corrected chi connectivity index (χ2v) is 7.50. The number of ether oxygens (including phenoxy) is 3. The first-order valence-corrected chi connectivity index (χ1v) is 9.93. The summed E-state index contributed by atoms with van der Waals surface area (Å²) in [6, 6.07) is 0. The summed E-state index contributed by atoms with van der Waals surface area (Å²) in [6.07, 6.45) is 10.6. The lowest BCUT2D eigenvalue weighted by Gasteiger charge is -2.42. The molecule has 1 atom stereocenters. The van der Waals surface area contributed by atoms with E-state index in [1.807, 2.05) is 47.6 Å². The predicted molar refractivity (Wildman–Crippen MR) is 103 cm³/mol. The minimum Gasteiger partial charge on any atom is -0.324 e. The van der Waals surface area contributed by atoms with Gasteiger partial charge in [0.05, 0.1) is 24.2 Å². The largest absolute Gasteiger partial charge is 0.324 e. The second-order valence-electron chi connectivity index (χ2n) is 7.50. The molecular weight excluding hydrogens is 300 g/mol. The normalized spacial score (nSPS) is 13.9. The molecule has 0 radical (unpaired) electrons. The van der Waals surface area contributed by atoms with Crippen LogP contribution >= 0.6 is 0 Å². The monoisotopic (exact) mass is 342 g/mol. The highest BCUT2D eigenvalue weighted by atomic mass is 16.9. The maximum Gasteiger partial charge on any atom is 0.290 e. The third kappa shape index (κ3) is 9.80. The van der Waals surface area contributed by atoms with Gasteiger partial charge >= 0.3 is 0 Å². The fourth-order valence-electron chi connectivity index (χ4n) is 2.91. The zero-order valence-corrected chi connectivity index (χ0v) is 17.3. The maximum absolute atomic E-state index is 6.19. The maximum atomic E-state index is 6.19. The molecule has 1 unspecified atom stereocenters. The Bertz CT molecular complexity index is 284. The van der Waals surface area contributed by atoms with E-state index < -0.39 is 5.97 Å². The third-order valence-electron chi connectivity index (χ3n) is 3.81. The number of hydrogen-bond donors (Lipinski definition) is 0. The van der Waals surface area contributed by atoms with Crippen molar-refractivity contribution in [2.24, 2.45) is 5.92 Å². The van der Waals surface area contributed by atoms with Crippen molar-refractivity contribution < 1.29 is 14.2 Å². The van der Waals surface area contributed by atoms with Crippen molar-refractivity contribution in [2.75, 3.05) is 0 Å². The van der Waals surface area contributed by atoms with Crippen LogP contribution in [-0.4, -0.2) is 24.3 Å². The van der Waals surface area contributed by atoms with Crippen LogP contribution in [0.3, 0.4) is 0 Å². The van der Waals surface area contributed by atoms with Crippen LogP contribution in [0.1, 0.15) is 93.4 Å². The van der Waals surface area contributed by atoms with E-state index >= 15 is 0 Å². The van der Waals surface area contributed by atoms with Gasteiger partial charge in [0.2, 0.25) is 0 Å². The van der Waals surface area contributed by atoms with Crippen molar-refractivity contribution in [3.63, 3.8) is 0 Å². The lowest BCUT2D eigenvalue weighted by Crippen LogP contribution is -2.50. The molecule has 0 spiro atoms. The van der Waals surface area contributed by atoms with Crippen LogP contribution in [0.4, 0.5) is 0 Å². The van der Waals surface area contributed by atoms with Gasteiger partial charge in [-0.2, -0.15) is 0 Å². The van der Waals surface area contributed by atoms with Crippen molar-refractivity contribution in [1.82, 2.24) is 0 Å². The summed E-state index contributed by atoms with van der Waals surface area (Å²) in [5.41, 5.74) is 0. The molecule has 0 aliphatic carbocycles. The van der Waals surface area contributed by atoms with Crippen molar-refractivity contribution in [3.8, 4) is 0 Å². The van der Waals surface area contributed by atoms with Crippen LogP contribution in [0.15, 0.2) is 12.7 Å². The Hall–Kier alpha value is -0.380. The van der Waals surface area contributed by atoms with Crippen LogP contribution < -0.4 is 0 Å². The summed E-state index contributed by atoms with van der Waals surface area (Å²) in [5, 5.41) is 0. The summed E-state index contributed by atoms with van der Waals surface area (Å²) in [4.78, 5) is 0. The molecular formula is C21H42O3. The Labute approximate surface area is 151 Å². The summed E-state index contributed by atoms with van der Waals surface area (Å²) in [5.74, 6) is -1.02. The number of hydrogen-bond acceptors (Lipinski definition) is 3. The summed E-state index contributed by atoms with van der Waals surface area (Å²) in [7, 11) is 0. The van der Waals surface area contributed by atoms with E-state index in [1.165, 1.54) is 32.1 Å². The van der Waals surface area contributed by atoms with E-state index in [0.29, 0.717) is 0 Å². The van der Waals surface area contributed by atoms with E-state index in [9.17, 15) is 0 Å². The standard InChI is InChI=1S/C21H42O3/c1-9-11-12-13-14-15-16-20(10-2)21(22-17(3)4,23-18(5)6)24-19(7)8/h10,17-20H,2,9,11-16H2,1,3-8H3. The van der Waals surface area contributed by atoms with Crippen LogP contribution in [0.5, 0.6) is 0 Å². The van der Waals surface area contributed by atoms with Crippen molar-refractivity contribution in [2.45, 2.75) is 118 Å². The molecule has 0 rings (SSSR count). The Kier molecular flexibility index (Phi) is 12.7. The minimum absolute atomic E-state index is 0.0227. The highest BCUT2D eigenvalue weighted by molar-refractivity contribution is 4.88. The zero-order valence-electron chi connectivity index (χ0n) is 17.3. The minimum atomic E-state index is -1.04. The SMILES string of the molecule is C=CC(CCCCCCCC)C(OC(C)C)(OC(C)C)OC(C)C. The molecule has 0 fully saturated rings. The third-order valence-corrected chi connectivity index (χ3v) is 3.81. The predicted octanol–water partition coefficient (Wildman–Crippen LogP) is 6.47. The number of unbranched alkanes of at least 4 members (excludes halogenated alkanes) is 5. The number of rotatable bonds is 15. The van der Waals surface area contributed by atoms with Crippen LogP contribution in [0.2, 0.25) is 0 Å². The molecule has 24 heavy (non-hydrogen) atoms. The lowest BCUT2D eigenvalue weighted by molar-refractivity contribution is -0.426.